The molecule has 1 atom stereocenters. The molecule has 0 unspecified atom stereocenters. The summed E-state index contributed by atoms with van der Waals surface area (Å²) >= 11 is 0. The van der Waals surface area contributed by atoms with E-state index in [1.807, 2.05) is 43.6 Å². The molecule has 0 saturated carbocycles. The Hall–Kier alpha value is -1.85. The Morgan fingerprint density at radius 1 is 1.29 bits per heavy atom. The highest BCUT2D eigenvalue weighted by atomic mass is 16.5. The van der Waals surface area contributed by atoms with E-state index in [1.165, 1.54) is 5.56 Å². The lowest BCUT2D eigenvalue weighted by atomic mass is 10.1. The summed E-state index contributed by atoms with van der Waals surface area (Å²) in [6, 6.07) is 8.34. The van der Waals surface area contributed by atoms with Crippen molar-refractivity contribution in [1.29, 1.82) is 0 Å². The van der Waals surface area contributed by atoms with Crippen LogP contribution in [-0.4, -0.2) is 44.9 Å². The molecule has 5 heteroatoms. The average molecular weight is 329 g/mol. The monoisotopic (exact) mass is 329 g/mol. The van der Waals surface area contributed by atoms with Crippen molar-refractivity contribution < 1.29 is 9.84 Å². The molecule has 1 aromatic carbocycles. The van der Waals surface area contributed by atoms with Crippen molar-refractivity contribution in [2.45, 2.75) is 45.4 Å². The van der Waals surface area contributed by atoms with Gasteiger partial charge in [-0.1, -0.05) is 17.7 Å². The van der Waals surface area contributed by atoms with Crippen LogP contribution in [0.3, 0.4) is 0 Å². The maximum Gasteiger partial charge on any atom is 0.123 e. The van der Waals surface area contributed by atoms with Crippen LogP contribution in [-0.2, 0) is 6.54 Å². The van der Waals surface area contributed by atoms with Crippen LogP contribution >= 0.6 is 0 Å². The van der Waals surface area contributed by atoms with Gasteiger partial charge in [-0.3, -0.25) is 4.90 Å². The Labute approximate surface area is 143 Å². The average Bonchev–Trinajstić information content (AvgIpc) is 3.15. The summed E-state index contributed by atoms with van der Waals surface area (Å²) in [7, 11) is 0. The summed E-state index contributed by atoms with van der Waals surface area (Å²) in [5.74, 6) is 1.86. The third-order valence-corrected chi connectivity index (χ3v) is 4.61. The fourth-order valence-electron chi connectivity index (χ4n) is 3.18. The van der Waals surface area contributed by atoms with Crippen LogP contribution in [0.25, 0.3) is 0 Å². The van der Waals surface area contributed by atoms with Crippen LogP contribution in [0.15, 0.2) is 36.7 Å². The topological polar surface area (TPSA) is 50.5 Å². The maximum absolute atomic E-state index is 10.8. The zero-order chi connectivity index (χ0) is 17.2. The van der Waals surface area contributed by atoms with Crippen molar-refractivity contribution in [1.82, 2.24) is 14.5 Å². The van der Waals surface area contributed by atoms with Crippen LogP contribution in [0.4, 0.5) is 0 Å². The molecule has 1 aromatic heterocycles. The number of rotatable bonds is 6. The molecule has 0 radical (unpaired) electrons. The maximum atomic E-state index is 10.8. The van der Waals surface area contributed by atoms with Gasteiger partial charge in [-0.2, -0.15) is 0 Å². The summed E-state index contributed by atoms with van der Waals surface area (Å²) < 4.78 is 7.98. The molecule has 5 nitrogen and oxygen atoms in total. The molecule has 130 valence electrons. The fourth-order valence-corrected chi connectivity index (χ4v) is 3.18. The summed E-state index contributed by atoms with van der Waals surface area (Å²) in [4.78, 5) is 6.71. The normalized spacial score (nSPS) is 21.5. The lowest BCUT2D eigenvalue weighted by Crippen LogP contribution is -2.39. The Morgan fingerprint density at radius 2 is 2.04 bits per heavy atom. The molecule has 0 bridgehead atoms. The Bertz CT molecular complexity index is 666. The highest BCUT2D eigenvalue weighted by molar-refractivity contribution is 5.26. The van der Waals surface area contributed by atoms with Gasteiger partial charge in [0.1, 0.15) is 23.8 Å². The van der Waals surface area contributed by atoms with E-state index in [0.717, 1.165) is 31.1 Å². The minimum Gasteiger partial charge on any atom is -0.491 e. The highest BCUT2D eigenvalue weighted by Gasteiger charge is 2.37. The van der Waals surface area contributed by atoms with Crippen molar-refractivity contribution >= 4 is 0 Å². The summed E-state index contributed by atoms with van der Waals surface area (Å²) in [6.45, 7) is 8.92. The molecule has 0 amide bonds. The number of hydrogen-bond donors (Lipinski definition) is 1. The molecule has 1 N–H and O–H groups in total. The van der Waals surface area contributed by atoms with Crippen molar-refractivity contribution in [3.8, 4) is 5.75 Å². The van der Waals surface area contributed by atoms with Crippen molar-refractivity contribution in [2.24, 2.45) is 0 Å². The standard InChI is InChI=1S/C19H27N3O2/c1-15(2)22-11-9-20-18(22)12-21-10-8-19(23,13-21)14-24-17-6-4-16(3)5-7-17/h4-7,9,11,15,23H,8,10,12-14H2,1-3H3/t19-/m0/s1. The molecule has 2 heterocycles. The molecule has 1 aliphatic heterocycles. The number of hydrogen-bond acceptors (Lipinski definition) is 4. The molecule has 2 aromatic rings. The van der Waals surface area contributed by atoms with E-state index >= 15 is 0 Å². The van der Waals surface area contributed by atoms with E-state index in [0.29, 0.717) is 19.2 Å². The number of likely N-dealkylation sites (tertiary alicyclic amines) is 1. The second-order valence-electron chi connectivity index (χ2n) is 7.13. The number of ether oxygens (including phenoxy) is 1. The lowest BCUT2D eigenvalue weighted by molar-refractivity contribution is 0.00313. The lowest BCUT2D eigenvalue weighted by Gasteiger charge is -2.24. The SMILES string of the molecule is Cc1ccc(OC[C@]2(O)CCN(Cc3nccn3C(C)C)C2)cc1. The molecule has 1 saturated heterocycles. The fraction of sp³-hybridized carbons (Fsp3) is 0.526. The third-order valence-electron chi connectivity index (χ3n) is 4.61. The van der Waals surface area contributed by atoms with E-state index in [4.69, 9.17) is 4.74 Å². The molecular weight excluding hydrogens is 302 g/mol. The molecule has 3 rings (SSSR count). The van der Waals surface area contributed by atoms with Gasteiger partial charge in [0.05, 0.1) is 6.54 Å². The smallest absolute Gasteiger partial charge is 0.123 e. The van der Waals surface area contributed by atoms with Gasteiger partial charge in [-0.25, -0.2) is 4.98 Å². The predicted octanol–water partition coefficient (Wildman–Crippen LogP) is 2.79. The molecule has 24 heavy (non-hydrogen) atoms. The Kier molecular flexibility index (Phi) is 4.92. The Balaban J connectivity index is 1.55. The first-order valence-corrected chi connectivity index (χ1v) is 8.61. The van der Waals surface area contributed by atoms with Gasteiger partial charge < -0.3 is 14.4 Å². The number of aryl methyl sites for hydroxylation is 1. The van der Waals surface area contributed by atoms with E-state index < -0.39 is 5.60 Å². The zero-order valence-corrected chi connectivity index (χ0v) is 14.8. The number of benzene rings is 1. The van der Waals surface area contributed by atoms with Gasteiger partial charge in [0, 0.05) is 31.5 Å². The van der Waals surface area contributed by atoms with E-state index in [1.54, 1.807) is 0 Å². The number of imidazole rings is 1. The van der Waals surface area contributed by atoms with Crippen LogP contribution in [0.2, 0.25) is 0 Å². The predicted molar refractivity (Wildman–Crippen MR) is 94.1 cm³/mol. The summed E-state index contributed by atoms with van der Waals surface area (Å²) in [5.41, 5.74) is 0.411. The number of nitrogens with zero attached hydrogens (tertiary/aromatic N) is 3. The largest absolute Gasteiger partial charge is 0.491 e. The van der Waals surface area contributed by atoms with Crippen LogP contribution in [0, 0.1) is 6.92 Å². The number of aromatic nitrogens is 2. The second kappa shape index (κ2) is 6.95. The highest BCUT2D eigenvalue weighted by Crippen LogP contribution is 2.25. The molecule has 0 spiro atoms. The molecular formula is C19H27N3O2. The first-order valence-electron chi connectivity index (χ1n) is 8.61. The minimum absolute atomic E-state index is 0.325. The van der Waals surface area contributed by atoms with Crippen molar-refractivity contribution in [2.75, 3.05) is 19.7 Å². The Morgan fingerprint density at radius 3 is 2.75 bits per heavy atom. The third kappa shape index (κ3) is 3.97. The van der Waals surface area contributed by atoms with Gasteiger partial charge in [0.25, 0.3) is 0 Å². The number of β-amino-alcohol motifs (C(OH)–C–C–N with tert-alkyl or cyclic N) is 1. The van der Waals surface area contributed by atoms with E-state index in [-0.39, 0.29) is 0 Å². The van der Waals surface area contributed by atoms with Gasteiger partial charge in [-0.15, -0.1) is 0 Å². The van der Waals surface area contributed by atoms with Gasteiger partial charge >= 0.3 is 0 Å². The molecule has 0 aliphatic carbocycles. The van der Waals surface area contributed by atoms with E-state index in [9.17, 15) is 5.11 Å². The van der Waals surface area contributed by atoms with Crippen molar-refractivity contribution in [3.05, 3.63) is 48.0 Å². The van der Waals surface area contributed by atoms with Crippen molar-refractivity contribution in [3.63, 3.8) is 0 Å². The van der Waals surface area contributed by atoms with E-state index in [2.05, 4.69) is 28.3 Å². The second-order valence-corrected chi connectivity index (χ2v) is 7.13. The van der Waals surface area contributed by atoms with Crippen LogP contribution in [0.5, 0.6) is 5.75 Å². The van der Waals surface area contributed by atoms with Gasteiger partial charge in [0.2, 0.25) is 0 Å². The first kappa shape index (κ1) is 17.0. The minimum atomic E-state index is -0.792. The molecule has 1 fully saturated rings. The van der Waals surface area contributed by atoms with Crippen LogP contribution < -0.4 is 4.74 Å². The van der Waals surface area contributed by atoms with Gasteiger partial charge in [0.15, 0.2) is 0 Å². The van der Waals surface area contributed by atoms with Crippen LogP contribution in [0.1, 0.15) is 37.7 Å². The first-order chi connectivity index (χ1) is 11.5. The number of aliphatic hydroxyl groups is 1. The van der Waals surface area contributed by atoms with Gasteiger partial charge in [-0.05, 0) is 39.3 Å². The quantitative estimate of drug-likeness (QED) is 0.885. The summed E-state index contributed by atoms with van der Waals surface area (Å²) in [6.07, 6.45) is 4.59. The zero-order valence-electron chi connectivity index (χ0n) is 14.8. The summed E-state index contributed by atoms with van der Waals surface area (Å²) in [5, 5.41) is 10.8. The molecule has 1 aliphatic rings.